The van der Waals surface area contributed by atoms with E-state index < -0.39 is 0 Å². The van der Waals surface area contributed by atoms with Crippen LogP contribution in [-0.4, -0.2) is 15.0 Å². The van der Waals surface area contributed by atoms with Gasteiger partial charge in [-0.15, -0.1) is 108 Å². The minimum absolute atomic E-state index is 0. The molecule has 0 aliphatic rings. The first-order valence-corrected chi connectivity index (χ1v) is 24.3. The number of hydrogen-bond donors (Lipinski definition) is 0. The summed E-state index contributed by atoms with van der Waals surface area (Å²) in [6.45, 7) is 0. The number of pyridine rings is 3. The summed E-state index contributed by atoms with van der Waals surface area (Å²) >= 11 is 0. The summed E-state index contributed by atoms with van der Waals surface area (Å²) < 4.78 is 31.2. The van der Waals surface area contributed by atoms with Gasteiger partial charge in [-0.25, -0.2) is 8.78 Å². The van der Waals surface area contributed by atoms with Gasteiger partial charge in [0.1, 0.15) is 11.6 Å². The molecule has 0 fully saturated rings. The van der Waals surface area contributed by atoms with Crippen molar-refractivity contribution in [2.24, 2.45) is 0 Å². The molecule has 0 amide bonds. The summed E-state index contributed by atoms with van der Waals surface area (Å²) in [5, 5.41) is 0. The van der Waals surface area contributed by atoms with E-state index in [2.05, 4.69) is 109 Å². The molecule has 12 aromatic rings. The van der Waals surface area contributed by atoms with Crippen molar-refractivity contribution in [3.8, 4) is 123 Å². The molecule has 75 heavy (non-hydrogen) atoms. The molecule has 3 heterocycles. The largest absolute Gasteiger partial charge is 3.00 e. The Morgan fingerprint density at radius 3 is 1.13 bits per heavy atom. The molecule has 3 aromatic heterocycles. The molecule has 12 rings (SSSR count). The maximum atomic E-state index is 15.6. The van der Waals surface area contributed by atoms with Crippen LogP contribution in [0.25, 0.3) is 123 Å². The quantitative estimate of drug-likeness (QED) is 0.121. The van der Waals surface area contributed by atoms with E-state index in [1.54, 1.807) is 24.5 Å². The van der Waals surface area contributed by atoms with Crippen molar-refractivity contribution in [2.75, 3.05) is 0 Å². The van der Waals surface area contributed by atoms with Crippen LogP contribution in [0.15, 0.2) is 255 Å². The summed E-state index contributed by atoms with van der Waals surface area (Å²) in [4.78, 5) is 14.7. The van der Waals surface area contributed by atoms with Gasteiger partial charge in [-0.3, -0.25) is 0 Å². The Kier molecular flexibility index (Phi) is 13.9. The van der Waals surface area contributed by atoms with Crippen molar-refractivity contribution in [3.63, 3.8) is 0 Å². The van der Waals surface area contributed by atoms with E-state index in [1.165, 1.54) is 12.1 Å². The van der Waals surface area contributed by atoms with Gasteiger partial charge >= 0.3 is 20.1 Å². The second-order valence-electron chi connectivity index (χ2n) is 18.0. The zero-order valence-electron chi connectivity index (χ0n) is 40.2. The molecule has 0 radical (unpaired) electrons. The summed E-state index contributed by atoms with van der Waals surface area (Å²) in [6, 6.07) is 86.7. The van der Waals surface area contributed by atoms with Gasteiger partial charge in [-0.1, -0.05) is 121 Å². The van der Waals surface area contributed by atoms with Crippen molar-refractivity contribution in [1.82, 2.24) is 15.0 Å². The molecule has 0 spiro atoms. The molecule has 0 aliphatic heterocycles. The normalized spacial score (nSPS) is 11.0. The van der Waals surface area contributed by atoms with E-state index >= 15 is 8.78 Å². The summed E-state index contributed by atoms with van der Waals surface area (Å²) in [5.41, 5.74) is 19.1. The summed E-state index contributed by atoms with van der Waals surface area (Å²) in [7, 11) is 0. The molecule has 0 N–H and O–H groups in total. The maximum absolute atomic E-state index is 15.6. The molecular formula is C69H42F2IrN3. The Hall–Kier alpha value is -9.06. The molecular weight excluding hydrogens is 1100 g/mol. The average Bonchev–Trinajstić information content (AvgIpc) is 3.48. The fourth-order valence-electron chi connectivity index (χ4n) is 9.69. The standard InChI is InChI=1S/C69H42F2N3.Ir/c70-57-31-33-60(63(40-57)52-29-35-67(72-43-52)49-17-7-2-8-18-49)55-37-54(38-56(39-55)61-34-32-58(71)41-64(61)53-30-36-68(73-44-53)50-19-9-3-10-20-50)59-23-13-14-24-62(59)66-45-74-69(51-21-11-4-12-22-51)42-65(66)48-27-25-47(26-28-48)46-15-5-1-6-16-46;/h1-17,19,21,23-45H;/q-3;+3. The number of halogens is 2. The smallest absolute Gasteiger partial charge is 0.304 e. The van der Waals surface area contributed by atoms with Gasteiger partial charge < -0.3 is 15.0 Å². The minimum atomic E-state index is -0.371. The molecule has 0 bridgehead atoms. The van der Waals surface area contributed by atoms with Crippen LogP contribution >= 0.6 is 0 Å². The van der Waals surface area contributed by atoms with Crippen LogP contribution in [0.4, 0.5) is 8.78 Å². The summed E-state index contributed by atoms with van der Waals surface area (Å²) in [6.07, 6.45) is 5.53. The Morgan fingerprint density at radius 1 is 0.253 bits per heavy atom. The first-order chi connectivity index (χ1) is 36.5. The predicted octanol–water partition coefficient (Wildman–Crippen LogP) is 17.9. The molecule has 0 aliphatic carbocycles. The minimum Gasteiger partial charge on any atom is -0.304 e. The number of benzene rings is 9. The van der Waals surface area contributed by atoms with E-state index in [1.807, 2.05) is 128 Å². The van der Waals surface area contributed by atoms with Crippen molar-refractivity contribution in [3.05, 3.63) is 285 Å². The topological polar surface area (TPSA) is 38.7 Å². The van der Waals surface area contributed by atoms with Crippen molar-refractivity contribution in [2.45, 2.75) is 0 Å². The molecule has 0 atom stereocenters. The monoisotopic (exact) mass is 1140 g/mol. The van der Waals surface area contributed by atoms with Gasteiger partial charge in [0.2, 0.25) is 0 Å². The summed E-state index contributed by atoms with van der Waals surface area (Å²) in [5.74, 6) is -0.742. The van der Waals surface area contributed by atoms with Gasteiger partial charge in [-0.2, -0.15) is 0 Å². The van der Waals surface area contributed by atoms with Gasteiger partial charge in [0.05, 0.1) is 0 Å². The zero-order valence-corrected chi connectivity index (χ0v) is 42.6. The van der Waals surface area contributed by atoms with Crippen LogP contribution in [-0.2, 0) is 20.1 Å². The van der Waals surface area contributed by atoms with Gasteiger partial charge in [0.25, 0.3) is 0 Å². The van der Waals surface area contributed by atoms with Crippen LogP contribution in [0.1, 0.15) is 0 Å². The molecule has 356 valence electrons. The first kappa shape index (κ1) is 48.2. The zero-order chi connectivity index (χ0) is 49.8. The Morgan fingerprint density at radius 2 is 0.653 bits per heavy atom. The Labute approximate surface area is 449 Å². The van der Waals surface area contributed by atoms with Crippen molar-refractivity contribution in [1.29, 1.82) is 0 Å². The van der Waals surface area contributed by atoms with Crippen molar-refractivity contribution >= 4 is 0 Å². The first-order valence-electron chi connectivity index (χ1n) is 24.3. The number of hydrogen-bond acceptors (Lipinski definition) is 3. The number of rotatable bonds is 11. The van der Waals surface area contributed by atoms with E-state index in [0.717, 1.165) is 112 Å². The van der Waals surface area contributed by atoms with E-state index in [9.17, 15) is 0 Å². The molecule has 3 nitrogen and oxygen atoms in total. The second kappa shape index (κ2) is 21.6. The van der Waals surface area contributed by atoms with Crippen LogP contribution in [0.2, 0.25) is 0 Å². The molecule has 0 saturated carbocycles. The van der Waals surface area contributed by atoms with Crippen LogP contribution in [0, 0.1) is 29.8 Å². The van der Waals surface area contributed by atoms with E-state index in [0.29, 0.717) is 11.1 Å². The fourth-order valence-corrected chi connectivity index (χ4v) is 9.69. The predicted molar refractivity (Wildman–Crippen MR) is 296 cm³/mol. The number of nitrogens with zero attached hydrogens (tertiary/aromatic N) is 3. The fraction of sp³-hybridized carbons (Fsp3) is 0. The third kappa shape index (κ3) is 10.2. The second-order valence-corrected chi connectivity index (χ2v) is 18.0. The van der Waals surface area contributed by atoms with Crippen LogP contribution < -0.4 is 0 Å². The van der Waals surface area contributed by atoms with Gasteiger partial charge in [-0.05, 0) is 143 Å². The molecule has 0 saturated heterocycles. The van der Waals surface area contributed by atoms with E-state index in [4.69, 9.17) is 15.0 Å². The van der Waals surface area contributed by atoms with Gasteiger partial charge in [0.15, 0.2) is 0 Å². The van der Waals surface area contributed by atoms with Crippen molar-refractivity contribution < 1.29 is 28.9 Å². The Balaban J connectivity index is 0.00000602. The molecule has 6 heteroatoms. The average molecular weight is 1140 g/mol. The van der Waals surface area contributed by atoms with Gasteiger partial charge in [0, 0.05) is 24.2 Å². The molecule has 9 aromatic carbocycles. The number of aromatic nitrogens is 3. The SMILES string of the molecule is Fc1ccc(-c2cc(-c3ccc(F)cc3-c3ccc(-c4[c-]cccc4)nc3)cc(-c3ccccc3-c3cnc(-c4[c-]cccc4)cc3-c3ccc(-c4ccccc4)cc3)c2)c(-c2ccc(-c3[c-]cccc3)nc2)c1.[Ir+3]. The third-order valence-corrected chi connectivity index (χ3v) is 13.4. The van der Waals surface area contributed by atoms with Crippen LogP contribution in [0.3, 0.4) is 0 Å². The third-order valence-electron chi connectivity index (χ3n) is 13.4. The van der Waals surface area contributed by atoms with E-state index in [-0.39, 0.29) is 31.7 Å². The Bertz CT molecular complexity index is 3780. The van der Waals surface area contributed by atoms with Crippen LogP contribution in [0.5, 0.6) is 0 Å². The molecule has 0 unspecified atom stereocenters. The maximum Gasteiger partial charge on any atom is 3.00 e.